The number of para-hydroxylation sites is 2. The van der Waals surface area contributed by atoms with Gasteiger partial charge in [0.15, 0.2) is 0 Å². The highest BCUT2D eigenvalue weighted by Gasteiger charge is 2.28. The molecule has 8 rings (SSSR count). The fraction of sp³-hybridized carbons (Fsp3) is 0.0698. The number of nitrogens with zero attached hydrogens (tertiary/aromatic N) is 6. The fourth-order valence-electron chi connectivity index (χ4n) is 6.16. The van der Waals surface area contributed by atoms with Crippen molar-refractivity contribution in [3.8, 4) is 56.4 Å². The van der Waals surface area contributed by atoms with E-state index in [2.05, 4.69) is 111 Å². The van der Waals surface area contributed by atoms with Crippen LogP contribution in [0.1, 0.15) is 25.2 Å². The van der Waals surface area contributed by atoms with Crippen LogP contribution in [0.2, 0.25) is 0 Å². The molecule has 0 aliphatic rings. The number of rotatable bonds is 8. The van der Waals surface area contributed by atoms with Gasteiger partial charge in [-0.2, -0.15) is 10.2 Å². The Bertz CT molecular complexity index is 2170. The maximum Gasteiger partial charge on any atom is 0.102 e. The zero-order chi connectivity index (χ0) is 33.2. The van der Waals surface area contributed by atoms with Crippen molar-refractivity contribution < 1.29 is 0 Å². The molecule has 4 aromatic carbocycles. The molecule has 8 aromatic rings. The van der Waals surface area contributed by atoms with Gasteiger partial charge < -0.3 is 0 Å². The van der Waals surface area contributed by atoms with E-state index in [0.29, 0.717) is 0 Å². The summed E-state index contributed by atoms with van der Waals surface area (Å²) in [5, 5.41) is 10.1. The molecule has 6 heteroatoms. The Morgan fingerprint density at radius 3 is 1.16 bits per heavy atom. The van der Waals surface area contributed by atoms with Gasteiger partial charge in [-0.3, -0.25) is 9.97 Å². The predicted molar refractivity (Wildman–Crippen MR) is 197 cm³/mol. The van der Waals surface area contributed by atoms with Crippen molar-refractivity contribution in [3.63, 3.8) is 0 Å². The zero-order valence-electron chi connectivity index (χ0n) is 27.3. The summed E-state index contributed by atoms with van der Waals surface area (Å²) in [5.74, 6) is 0. The van der Waals surface area contributed by atoms with Gasteiger partial charge in [-0.15, -0.1) is 0 Å². The molecular weight excluding hydrogens is 601 g/mol. The number of aromatic nitrogens is 6. The van der Waals surface area contributed by atoms with E-state index in [1.807, 2.05) is 82.2 Å². The maximum absolute atomic E-state index is 5.29. The third-order valence-electron chi connectivity index (χ3n) is 8.90. The van der Waals surface area contributed by atoms with E-state index in [-0.39, 0.29) is 0 Å². The summed E-state index contributed by atoms with van der Waals surface area (Å²) >= 11 is 0. The van der Waals surface area contributed by atoms with Gasteiger partial charge in [0.05, 0.1) is 34.2 Å². The van der Waals surface area contributed by atoms with Gasteiger partial charge in [0.25, 0.3) is 0 Å². The molecule has 0 fully saturated rings. The standard InChI is InChI=1S/C43H34N6/c1-43(2,39-27-15-25-37(44-39)35-29-48(33-21-11-5-12-22-33)46-41(35)31-17-7-3-8-18-31)40-28-16-26-38(45-40)36-30-49(34-23-13-6-14-24-34)47-42(36)32-19-9-4-10-20-32/h3-30H,1-2H3. The lowest BCUT2D eigenvalue weighted by Gasteiger charge is -2.24. The summed E-state index contributed by atoms with van der Waals surface area (Å²) in [7, 11) is 0. The Hall–Kier alpha value is -6.40. The second kappa shape index (κ2) is 12.7. The molecule has 0 aliphatic heterocycles. The summed E-state index contributed by atoms with van der Waals surface area (Å²) in [6.07, 6.45) is 4.15. The van der Waals surface area contributed by atoms with Crippen LogP contribution in [0.3, 0.4) is 0 Å². The molecule has 4 aromatic heterocycles. The molecule has 4 heterocycles. The highest BCUT2D eigenvalue weighted by atomic mass is 15.3. The Morgan fingerprint density at radius 2 is 0.776 bits per heavy atom. The smallest absolute Gasteiger partial charge is 0.102 e. The molecular formula is C43H34N6. The van der Waals surface area contributed by atoms with Crippen LogP contribution in [0.4, 0.5) is 0 Å². The largest absolute Gasteiger partial charge is 0.252 e. The van der Waals surface area contributed by atoms with E-state index in [1.54, 1.807) is 0 Å². The molecule has 0 atom stereocenters. The van der Waals surface area contributed by atoms with Crippen LogP contribution >= 0.6 is 0 Å². The molecule has 0 aliphatic carbocycles. The SMILES string of the molecule is CC(C)(c1cccc(-c2cn(-c3ccccc3)nc2-c2ccccc2)n1)c1cccc(-c2cn(-c3ccccc3)nc2-c2ccccc2)n1. The topological polar surface area (TPSA) is 61.4 Å². The van der Waals surface area contributed by atoms with Crippen molar-refractivity contribution in [2.45, 2.75) is 19.3 Å². The average molecular weight is 635 g/mol. The van der Waals surface area contributed by atoms with Crippen molar-refractivity contribution in [2.24, 2.45) is 0 Å². The van der Waals surface area contributed by atoms with Gasteiger partial charge >= 0.3 is 0 Å². The average Bonchev–Trinajstić information content (AvgIpc) is 3.83. The molecule has 6 nitrogen and oxygen atoms in total. The number of hydrogen-bond acceptors (Lipinski definition) is 4. The lowest BCUT2D eigenvalue weighted by molar-refractivity contribution is 0.597. The van der Waals surface area contributed by atoms with Crippen LogP contribution < -0.4 is 0 Å². The van der Waals surface area contributed by atoms with Gasteiger partial charge in [0.2, 0.25) is 0 Å². The molecule has 236 valence electrons. The second-order valence-corrected chi connectivity index (χ2v) is 12.5. The Kier molecular flexibility index (Phi) is 7.74. The first-order chi connectivity index (χ1) is 24.0. The summed E-state index contributed by atoms with van der Waals surface area (Å²) in [4.78, 5) is 10.6. The highest BCUT2D eigenvalue weighted by molar-refractivity contribution is 5.80. The third-order valence-corrected chi connectivity index (χ3v) is 8.90. The summed E-state index contributed by atoms with van der Waals surface area (Å²) in [6, 6.07) is 53.4. The van der Waals surface area contributed by atoms with Crippen molar-refractivity contribution in [2.75, 3.05) is 0 Å². The first kappa shape index (κ1) is 30.0. The highest BCUT2D eigenvalue weighted by Crippen LogP contribution is 2.37. The first-order valence-corrected chi connectivity index (χ1v) is 16.4. The van der Waals surface area contributed by atoms with Crippen LogP contribution in [-0.4, -0.2) is 29.5 Å². The zero-order valence-corrected chi connectivity index (χ0v) is 27.3. The van der Waals surface area contributed by atoms with Gasteiger partial charge in [-0.25, -0.2) is 9.36 Å². The van der Waals surface area contributed by atoms with E-state index < -0.39 is 5.41 Å². The molecule has 0 saturated heterocycles. The molecule has 0 radical (unpaired) electrons. The van der Waals surface area contributed by atoms with Gasteiger partial charge in [-0.1, -0.05) is 109 Å². The predicted octanol–water partition coefficient (Wildman–Crippen LogP) is 9.84. The molecule has 0 bridgehead atoms. The molecule has 0 amide bonds. The van der Waals surface area contributed by atoms with Crippen LogP contribution in [0, 0.1) is 0 Å². The number of benzene rings is 4. The minimum atomic E-state index is -0.503. The normalized spacial score (nSPS) is 11.5. The summed E-state index contributed by atoms with van der Waals surface area (Å²) < 4.78 is 3.87. The van der Waals surface area contributed by atoms with Gasteiger partial charge in [-0.05, 0) is 62.4 Å². The van der Waals surface area contributed by atoms with Crippen LogP contribution in [0.15, 0.2) is 170 Å². The van der Waals surface area contributed by atoms with Crippen molar-refractivity contribution in [1.82, 2.24) is 29.5 Å². The van der Waals surface area contributed by atoms with Crippen molar-refractivity contribution >= 4 is 0 Å². The molecule has 0 saturated carbocycles. The van der Waals surface area contributed by atoms with Crippen LogP contribution in [-0.2, 0) is 5.41 Å². The second-order valence-electron chi connectivity index (χ2n) is 12.5. The Balaban J connectivity index is 1.20. The van der Waals surface area contributed by atoms with E-state index in [4.69, 9.17) is 20.2 Å². The molecule has 0 N–H and O–H groups in total. The Labute approximate surface area is 286 Å². The fourth-order valence-corrected chi connectivity index (χ4v) is 6.16. The van der Waals surface area contributed by atoms with E-state index in [9.17, 15) is 0 Å². The number of hydrogen-bond donors (Lipinski definition) is 0. The molecule has 49 heavy (non-hydrogen) atoms. The van der Waals surface area contributed by atoms with Crippen molar-refractivity contribution in [1.29, 1.82) is 0 Å². The van der Waals surface area contributed by atoms with E-state index in [1.165, 1.54) is 0 Å². The lowest BCUT2D eigenvalue weighted by atomic mass is 9.84. The minimum Gasteiger partial charge on any atom is -0.252 e. The minimum absolute atomic E-state index is 0.503. The molecule has 0 spiro atoms. The van der Waals surface area contributed by atoms with E-state index >= 15 is 0 Å². The van der Waals surface area contributed by atoms with Crippen molar-refractivity contribution in [3.05, 3.63) is 182 Å². The summed E-state index contributed by atoms with van der Waals surface area (Å²) in [6.45, 7) is 4.37. The maximum atomic E-state index is 5.29. The quantitative estimate of drug-likeness (QED) is 0.167. The lowest BCUT2D eigenvalue weighted by Crippen LogP contribution is -2.22. The van der Waals surface area contributed by atoms with Gasteiger partial charge in [0, 0.05) is 40.1 Å². The Morgan fingerprint density at radius 1 is 0.408 bits per heavy atom. The van der Waals surface area contributed by atoms with E-state index in [0.717, 1.165) is 67.8 Å². The summed E-state index contributed by atoms with van der Waals surface area (Å²) in [5.41, 5.74) is 10.8. The van der Waals surface area contributed by atoms with Crippen LogP contribution in [0.25, 0.3) is 56.4 Å². The molecule has 0 unspecified atom stereocenters. The van der Waals surface area contributed by atoms with Gasteiger partial charge in [0.1, 0.15) is 11.4 Å². The first-order valence-electron chi connectivity index (χ1n) is 16.4. The number of pyridine rings is 2. The third kappa shape index (κ3) is 5.85. The van der Waals surface area contributed by atoms with Crippen LogP contribution in [0.5, 0.6) is 0 Å². The monoisotopic (exact) mass is 634 g/mol.